The summed E-state index contributed by atoms with van der Waals surface area (Å²) in [7, 11) is 3.63. The Labute approximate surface area is 127 Å². The van der Waals surface area contributed by atoms with Gasteiger partial charge < -0.3 is 10.2 Å². The number of alkyl halides is 3. The van der Waals surface area contributed by atoms with Gasteiger partial charge >= 0.3 is 6.18 Å². The second-order valence-electron chi connectivity index (χ2n) is 5.81. The van der Waals surface area contributed by atoms with Crippen molar-refractivity contribution in [1.82, 2.24) is 10.3 Å². The third-order valence-electron chi connectivity index (χ3n) is 3.97. The molecule has 1 aromatic rings. The van der Waals surface area contributed by atoms with E-state index in [2.05, 4.69) is 10.3 Å². The van der Waals surface area contributed by atoms with Gasteiger partial charge in [0, 0.05) is 26.3 Å². The molecule has 1 fully saturated rings. The SMILES string of the molecule is CN(C)c1ccc(C(=O)N[C@H]2CCCC[C@H]2C(F)(F)F)cn1. The molecule has 0 radical (unpaired) electrons. The molecule has 122 valence electrons. The molecule has 1 aliphatic carbocycles. The van der Waals surface area contributed by atoms with Gasteiger partial charge in [0.2, 0.25) is 0 Å². The largest absolute Gasteiger partial charge is 0.393 e. The molecular formula is C15H20F3N3O. The molecule has 1 N–H and O–H groups in total. The Hall–Kier alpha value is -1.79. The maximum absolute atomic E-state index is 13.0. The van der Waals surface area contributed by atoms with Crippen molar-refractivity contribution >= 4 is 11.7 Å². The van der Waals surface area contributed by atoms with E-state index in [1.165, 1.54) is 6.20 Å². The summed E-state index contributed by atoms with van der Waals surface area (Å²) < 4.78 is 39.1. The summed E-state index contributed by atoms with van der Waals surface area (Å²) in [4.78, 5) is 18.0. The first kappa shape index (κ1) is 16.6. The lowest BCUT2D eigenvalue weighted by atomic mass is 9.84. The first-order valence-corrected chi connectivity index (χ1v) is 7.30. The average Bonchev–Trinajstić information content (AvgIpc) is 2.46. The minimum atomic E-state index is -4.27. The number of hydrogen-bond acceptors (Lipinski definition) is 3. The first-order valence-electron chi connectivity index (χ1n) is 7.30. The zero-order valence-electron chi connectivity index (χ0n) is 12.7. The highest BCUT2D eigenvalue weighted by Gasteiger charge is 2.45. The van der Waals surface area contributed by atoms with Gasteiger partial charge in [0.25, 0.3) is 5.91 Å². The molecular weight excluding hydrogens is 295 g/mol. The molecule has 1 amide bonds. The van der Waals surface area contributed by atoms with Crippen molar-refractivity contribution in [2.45, 2.75) is 37.9 Å². The number of amides is 1. The summed E-state index contributed by atoms with van der Waals surface area (Å²) in [6, 6.07) is 2.38. The summed E-state index contributed by atoms with van der Waals surface area (Å²) >= 11 is 0. The maximum atomic E-state index is 13.0. The Morgan fingerprint density at radius 1 is 1.27 bits per heavy atom. The number of halogens is 3. The molecule has 4 nitrogen and oxygen atoms in total. The lowest BCUT2D eigenvalue weighted by Crippen LogP contribution is -2.47. The summed E-state index contributed by atoms with van der Waals surface area (Å²) in [5.41, 5.74) is 0.275. The van der Waals surface area contributed by atoms with Crippen molar-refractivity contribution < 1.29 is 18.0 Å². The van der Waals surface area contributed by atoms with E-state index >= 15 is 0 Å². The monoisotopic (exact) mass is 315 g/mol. The van der Waals surface area contributed by atoms with Crippen LogP contribution in [-0.2, 0) is 0 Å². The van der Waals surface area contributed by atoms with Crippen LogP contribution in [0.15, 0.2) is 18.3 Å². The van der Waals surface area contributed by atoms with Gasteiger partial charge in [0.05, 0.1) is 11.5 Å². The van der Waals surface area contributed by atoms with Gasteiger partial charge in [-0.1, -0.05) is 12.8 Å². The molecule has 1 heterocycles. The van der Waals surface area contributed by atoms with Crippen LogP contribution in [0.5, 0.6) is 0 Å². The van der Waals surface area contributed by atoms with Gasteiger partial charge in [-0.2, -0.15) is 13.2 Å². The van der Waals surface area contributed by atoms with E-state index in [0.29, 0.717) is 25.1 Å². The standard InChI is InChI=1S/C15H20F3N3O/c1-21(2)13-8-7-10(9-19-13)14(22)20-12-6-4-3-5-11(12)15(16,17)18/h7-9,11-12H,3-6H2,1-2H3,(H,20,22)/t11-,12+/m1/s1. The Balaban J connectivity index is 2.06. The highest BCUT2D eigenvalue weighted by molar-refractivity contribution is 5.94. The fourth-order valence-electron chi connectivity index (χ4n) is 2.73. The van der Waals surface area contributed by atoms with Gasteiger partial charge in [-0.15, -0.1) is 0 Å². The number of carbonyl (C=O) groups excluding carboxylic acids is 1. The summed E-state index contributed by atoms with van der Waals surface area (Å²) in [6.45, 7) is 0. The number of aromatic nitrogens is 1. The first-order chi connectivity index (χ1) is 10.3. The van der Waals surface area contributed by atoms with Crippen LogP contribution in [0.25, 0.3) is 0 Å². The summed E-state index contributed by atoms with van der Waals surface area (Å²) in [5, 5.41) is 2.53. The van der Waals surface area contributed by atoms with Crippen LogP contribution in [0.1, 0.15) is 36.0 Å². The van der Waals surface area contributed by atoms with Crippen molar-refractivity contribution in [3.8, 4) is 0 Å². The molecule has 22 heavy (non-hydrogen) atoms. The van der Waals surface area contributed by atoms with Gasteiger partial charge in [-0.05, 0) is 25.0 Å². The summed E-state index contributed by atoms with van der Waals surface area (Å²) in [6.07, 6.45) is -1.20. The number of carbonyl (C=O) groups is 1. The van der Waals surface area contributed by atoms with E-state index in [-0.39, 0.29) is 12.0 Å². The number of nitrogens with zero attached hydrogens (tertiary/aromatic N) is 2. The number of rotatable bonds is 3. The average molecular weight is 315 g/mol. The highest BCUT2D eigenvalue weighted by atomic mass is 19.4. The summed E-state index contributed by atoms with van der Waals surface area (Å²) in [5.74, 6) is -1.28. The quantitative estimate of drug-likeness (QED) is 0.932. The van der Waals surface area contributed by atoms with Crippen molar-refractivity contribution in [1.29, 1.82) is 0 Å². The Morgan fingerprint density at radius 2 is 1.95 bits per heavy atom. The molecule has 0 aromatic carbocycles. The van der Waals surface area contributed by atoms with Gasteiger partial charge in [-0.25, -0.2) is 4.98 Å². The predicted molar refractivity (Wildman–Crippen MR) is 77.8 cm³/mol. The molecule has 2 rings (SSSR count). The third kappa shape index (κ3) is 3.90. The normalized spacial score (nSPS) is 22.2. The Bertz CT molecular complexity index is 514. The molecule has 0 bridgehead atoms. The molecule has 7 heteroatoms. The zero-order chi connectivity index (χ0) is 16.3. The minimum absolute atomic E-state index is 0.0757. The molecule has 0 unspecified atom stereocenters. The molecule has 0 aliphatic heterocycles. The van der Waals surface area contributed by atoms with Gasteiger partial charge in [0.1, 0.15) is 5.82 Å². The second kappa shape index (κ2) is 6.54. The molecule has 2 atom stereocenters. The molecule has 1 saturated carbocycles. The van der Waals surface area contributed by atoms with Crippen LogP contribution in [0, 0.1) is 5.92 Å². The number of hydrogen-bond donors (Lipinski definition) is 1. The Morgan fingerprint density at radius 3 is 2.50 bits per heavy atom. The van der Waals surface area contributed by atoms with Crippen LogP contribution < -0.4 is 10.2 Å². The van der Waals surface area contributed by atoms with Crippen molar-refractivity contribution in [2.75, 3.05) is 19.0 Å². The van der Waals surface area contributed by atoms with E-state index in [1.54, 1.807) is 17.0 Å². The van der Waals surface area contributed by atoms with Gasteiger partial charge in [0.15, 0.2) is 0 Å². The number of pyridine rings is 1. The fourth-order valence-corrected chi connectivity index (χ4v) is 2.73. The lowest BCUT2D eigenvalue weighted by molar-refractivity contribution is -0.187. The topological polar surface area (TPSA) is 45.2 Å². The van der Waals surface area contributed by atoms with E-state index in [9.17, 15) is 18.0 Å². The van der Waals surface area contributed by atoms with Crippen molar-refractivity contribution in [3.05, 3.63) is 23.9 Å². The van der Waals surface area contributed by atoms with Crippen LogP contribution in [-0.4, -0.2) is 37.2 Å². The lowest BCUT2D eigenvalue weighted by Gasteiger charge is -2.33. The predicted octanol–water partition coefficient (Wildman–Crippen LogP) is 3.00. The van der Waals surface area contributed by atoms with Crippen LogP contribution in [0.3, 0.4) is 0 Å². The van der Waals surface area contributed by atoms with E-state index in [4.69, 9.17) is 0 Å². The van der Waals surface area contributed by atoms with Crippen LogP contribution >= 0.6 is 0 Å². The second-order valence-corrected chi connectivity index (χ2v) is 5.81. The van der Waals surface area contributed by atoms with Gasteiger partial charge in [-0.3, -0.25) is 4.79 Å². The molecule has 1 aliphatic rings. The van der Waals surface area contributed by atoms with Crippen molar-refractivity contribution in [3.63, 3.8) is 0 Å². The fraction of sp³-hybridized carbons (Fsp3) is 0.600. The smallest absolute Gasteiger partial charge is 0.363 e. The highest BCUT2D eigenvalue weighted by Crippen LogP contribution is 2.37. The van der Waals surface area contributed by atoms with Crippen LogP contribution in [0.4, 0.5) is 19.0 Å². The van der Waals surface area contributed by atoms with E-state index < -0.39 is 24.0 Å². The van der Waals surface area contributed by atoms with Crippen LogP contribution in [0.2, 0.25) is 0 Å². The minimum Gasteiger partial charge on any atom is -0.363 e. The third-order valence-corrected chi connectivity index (χ3v) is 3.97. The zero-order valence-corrected chi connectivity index (χ0v) is 12.7. The Kier molecular flexibility index (Phi) is 4.93. The number of anilines is 1. The van der Waals surface area contributed by atoms with E-state index in [0.717, 1.165) is 0 Å². The molecule has 0 saturated heterocycles. The van der Waals surface area contributed by atoms with Crippen molar-refractivity contribution in [2.24, 2.45) is 5.92 Å². The molecule has 0 spiro atoms. The number of nitrogens with one attached hydrogen (secondary N) is 1. The van der Waals surface area contributed by atoms with E-state index in [1.807, 2.05) is 14.1 Å². The maximum Gasteiger partial charge on any atom is 0.393 e. The molecule has 1 aromatic heterocycles.